The zero-order valence-corrected chi connectivity index (χ0v) is 9.97. The third kappa shape index (κ3) is 2.27. The molecule has 0 amide bonds. The molecule has 0 saturated carbocycles. The predicted octanol–water partition coefficient (Wildman–Crippen LogP) is 2.50. The monoisotopic (exact) mass is 311 g/mol. The minimum Gasteiger partial charge on any atom is -0.493 e. The Bertz CT molecular complexity index is 306. The number of benzene rings is 1. The van der Waals surface area contributed by atoms with Crippen molar-refractivity contribution in [3.8, 4) is 5.75 Å². The van der Waals surface area contributed by atoms with Crippen LogP contribution >= 0.6 is 35.0 Å². The van der Waals surface area contributed by atoms with E-state index in [0.717, 1.165) is 24.3 Å². The first-order chi connectivity index (χ1) is 5.77. The Balaban J connectivity index is 0.000000845. The lowest BCUT2D eigenvalue weighted by atomic mass is 10.0. The van der Waals surface area contributed by atoms with Crippen molar-refractivity contribution in [3.05, 3.63) is 27.3 Å². The van der Waals surface area contributed by atoms with Crippen molar-refractivity contribution in [1.29, 1.82) is 0 Å². The van der Waals surface area contributed by atoms with Gasteiger partial charge in [-0.25, -0.2) is 0 Å². The van der Waals surface area contributed by atoms with Crippen LogP contribution in [0.15, 0.2) is 18.2 Å². The molecule has 1 heterocycles. The summed E-state index contributed by atoms with van der Waals surface area (Å²) in [5, 5.41) is 0. The molecule has 0 bridgehead atoms. The molecule has 1 aliphatic heterocycles. The summed E-state index contributed by atoms with van der Waals surface area (Å²) in [6.07, 6.45) is 0.924. The summed E-state index contributed by atoms with van der Waals surface area (Å²) in [5.74, 6) is 0.953. The van der Waals surface area contributed by atoms with Crippen LogP contribution in [0.3, 0.4) is 0 Å². The van der Waals surface area contributed by atoms with Crippen LogP contribution in [0.25, 0.3) is 0 Å². The maximum atomic E-state index is 5.93. The summed E-state index contributed by atoms with van der Waals surface area (Å²) >= 11 is 2.28. The van der Waals surface area contributed by atoms with Gasteiger partial charge in [-0.1, -0.05) is 0 Å². The second-order valence-corrected chi connectivity index (χ2v) is 4.17. The molecule has 1 aromatic rings. The molecule has 13 heavy (non-hydrogen) atoms. The zero-order valence-electron chi connectivity index (χ0n) is 7.00. The molecule has 0 radical (unpaired) electrons. The van der Waals surface area contributed by atoms with Gasteiger partial charge in [0.05, 0.1) is 6.61 Å². The minimum absolute atomic E-state index is 0. The SMILES string of the molecule is Cl.NC1CCOc2ccc(I)cc21. The molecule has 1 atom stereocenters. The lowest BCUT2D eigenvalue weighted by Gasteiger charge is -2.22. The topological polar surface area (TPSA) is 35.2 Å². The van der Waals surface area contributed by atoms with Crippen LogP contribution in [0.2, 0.25) is 0 Å². The Morgan fingerprint density at radius 3 is 3.00 bits per heavy atom. The third-order valence-corrected chi connectivity index (χ3v) is 2.73. The fraction of sp³-hybridized carbons (Fsp3) is 0.333. The Morgan fingerprint density at radius 2 is 2.23 bits per heavy atom. The fourth-order valence-corrected chi connectivity index (χ4v) is 1.91. The molecule has 0 spiro atoms. The second kappa shape index (κ2) is 4.48. The van der Waals surface area contributed by atoms with E-state index < -0.39 is 0 Å². The number of ether oxygens (including phenoxy) is 1. The van der Waals surface area contributed by atoms with Crippen molar-refractivity contribution in [2.45, 2.75) is 12.5 Å². The standard InChI is InChI=1S/C9H10INO.ClH/c10-6-1-2-9-7(5-6)8(11)3-4-12-9;/h1-2,5,8H,3-4,11H2;1H. The highest BCUT2D eigenvalue weighted by Gasteiger charge is 2.17. The average Bonchev–Trinajstić information content (AvgIpc) is 2.07. The first kappa shape index (κ1) is 11.1. The molecule has 0 aliphatic carbocycles. The Kier molecular flexibility index (Phi) is 3.82. The number of rotatable bonds is 0. The van der Waals surface area contributed by atoms with Gasteiger partial charge in [0.1, 0.15) is 5.75 Å². The molecule has 1 aromatic carbocycles. The number of hydrogen-bond acceptors (Lipinski definition) is 2. The number of nitrogens with two attached hydrogens (primary N) is 1. The summed E-state index contributed by atoms with van der Waals surface area (Å²) in [6.45, 7) is 0.745. The van der Waals surface area contributed by atoms with Gasteiger partial charge in [-0.2, -0.15) is 0 Å². The van der Waals surface area contributed by atoms with E-state index >= 15 is 0 Å². The summed E-state index contributed by atoms with van der Waals surface area (Å²) in [6, 6.07) is 6.29. The van der Waals surface area contributed by atoms with Gasteiger partial charge >= 0.3 is 0 Å². The highest BCUT2D eigenvalue weighted by atomic mass is 127. The van der Waals surface area contributed by atoms with E-state index in [0.29, 0.717) is 0 Å². The van der Waals surface area contributed by atoms with Crippen LogP contribution in [0, 0.1) is 3.57 Å². The van der Waals surface area contributed by atoms with Gasteiger partial charge in [-0.3, -0.25) is 0 Å². The smallest absolute Gasteiger partial charge is 0.124 e. The molecule has 2 nitrogen and oxygen atoms in total. The van der Waals surface area contributed by atoms with Crippen LogP contribution in [0.4, 0.5) is 0 Å². The molecule has 0 aromatic heterocycles. The fourth-order valence-electron chi connectivity index (χ4n) is 1.39. The molecular weight excluding hydrogens is 300 g/mol. The van der Waals surface area contributed by atoms with Crippen LogP contribution in [0.1, 0.15) is 18.0 Å². The van der Waals surface area contributed by atoms with Gasteiger partial charge in [-0.15, -0.1) is 12.4 Å². The van der Waals surface area contributed by atoms with Crippen molar-refractivity contribution >= 4 is 35.0 Å². The molecule has 2 N–H and O–H groups in total. The first-order valence-corrected chi connectivity index (χ1v) is 5.03. The van der Waals surface area contributed by atoms with Crippen molar-refractivity contribution in [2.75, 3.05) is 6.61 Å². The van der Waals surface area contributed by atoms with E-state index in [2.05, 4.69) is 28.7 Å². The normalized spacial score (nSPS) is 19.7. The summed E-state index contributed by atoms with van der Waals surface area (Å²) in [7, 11) is 0. The number of hydrogen-bond donors (Lipinski definition) is 1. The van der Waals surface area contributed by atoms with Crippen LogP contribution in [0.5, 0.6) is 5.75 Å². The maximum absolute atomic E-state index is 5.93. The van der Waals surface area contributed by atoms with Crippen LogP contribution in [-0.4, -0.2) is 6.61 Å². The van der Waals surface area contributed by atoms with E-state index in [1.165, 1.54) is 3.57 Å². The summed E-state index contributed by atoms with van der Waals surface area (Å²) < 4.78 is 6.68. The highest BCUT2D eigenvalue weighted by molar-refractivity contribution is 14.1. The van der Waals surface area contributed by atoms with Crippen molar-refractivity contribution in [2.24, 2.45) is 5.73 Å². The van der Waals surface area contributed by atoms with Gasteiger partial charge in [0.15, 0.2) is 0 Å². The van der Waals surface area contributed by atoms with Crippen molar-refractivity contribution in [1.82, 2.24) is 0 Å². The van der Waals surface area contributed by atoms with Gasteiger partial charge in [0.25, 0.3) is 0 Å². The molecule has 4 heteroatoms. The first-order valence-electron chi connectivity index (χ1n) is 3.95. The van der Waals surface area contributed by atoms with Crippen LogP contribution < -0.4 is 10.5 Å². The van der Waals surface area contributed by atoms with Crippen molar-refractivity contribution in [3.63, 3.8) is 0 Å². The minimum atomic E-state index is 0. The number of fused-ring (bicyclic) bond motifs is 1. The number of halogens is 2. The molecule has 0 saturated heterocycles. The van der Waals surface area contributed by atoms with E-state index in [-0.39, 0.29) is 18.4 Å². The predicted molar refractivity (Wildman–Crippen MR) is 63.4 cm³/mol. The largest absolute Gasteiger partial charge is 0.493 e. The molecule has 1 aliphatic rings. The van der Waals surface area contributed by atoms with Gasteiger partial charge in [0.2, 0.25) is 0 Å². The van der Waals surface area contributed by atoms with E-state index in [1.807, 2.05) is 12.1 Å². The highest BCUT2D eigenvalue weighted by Crippen LogP contribution is 2.31. The lowest BCUT2D eigenvalue weighted by Crippen LogP contribution is -2.20. The molecular formula is C9H11ClINO. The van der Waals surface area contributed by atoms with Gasteiger partial charge in [0, 0.05) is 21.6 Å². The van der Waals surface area contributed by atoms with E-state index in [1.54, 1.807) is 0 Å². The zero-order chi connectivity index (χ0) is 8.55. The quantitative estimate of drug-likeness (QED) is 0.747. The summed E-state index contributed by atoms with van der Waals surface area (Å²) in [4.78, 5) is 0. The van der Waals surface area contributed by atoms with Gasteiger partial charge < -0.3 is 10.5 Å². The lowest BCUT2D eigenvalue weighted by molar-refractivity contribution is 0.269. The van der Waals surface area contributed by atoms with E-state index in [4.69, 9.17) is 10.5 Å². The molecule has 1 unspecified atom stereocenters. The maximum Gasteiger partial charge on any atom is 0.124 e. The average molecular weight is 312 g/mol. The molecule has 2 rings (SSSR count). The van der Waals surface area contributed by atoms with Gasteiger partial charge in [-0.05, 0) is 40.8 Å². The molecule has 0 fully saturated rings. The Labute approximate surface area is 97.4 Å². The Morgan fingerprint density at radius 1 is 1.46 bits per heavy atom. The van der Waals surface area contributed by atoms with Crippen LogP contribution in [-0.2, 0) is 0 Å². The third-order valence-electron chi connectivity index (χ3n) is 2.06. The van der Waals surface area contributed by atoms with E-state index in [9.17, 15) is 0 Å². The summed E-state index contributed by atoms with van der Waals surface area (Å²) in [5.41, 5.74) is 7.08. The second-order valence-electron chi connectivity index (χ2n) is 2.93. The van der Waals surface area contributed by atoms with Crippen molar-refractivity contribution < 1.29 is 4.74 Å². The Hall–Kier alpha value is -0.000000000000000111. The molecule has 72 valence electrons.